The molecule has 5 rings (SSSR count). The van der Waals surface area contributed by atoms with E-state index in [1.54, 1.807) is 18.0 Å². The Morgan fingerprint density at radius 1 is 1.27 bits per heavy atom. The van der Waals surface area contributed by atoms with Crippen LogP contribution >= 0.6 is 0 Å². The van der Waals surface area contributed by atoms with E-state index in [0.717, 1.165) is 23.8 Å². The molecular weight excluding hydrogens is 388 g/mol. The van der Waals surface area contributed by atoms with Gasteiger partial charge in [0.1, 0.15) is 0 Å². The average molecular weight is 407 g/mol. The van der Waals surface area contributed by atoms with Gasteiger partial charge in [0.15, 0.2) is 11.6 Å². The maximum absolute atomic E-state index is 14.3. The first-order chi connectivity index (χ1) is 14.4. The molecule has 1 fully saturated rings. The zero-order valence-corrected chi connectivity index (χ0v) is 16.3. The molecule has 30 heavy (non-hydrogen) atoms. The summed E-state index contributed by atoms with van der Waals surface area (Å²) in [5, 5.41) is 0.0117. The number of aromatic amines is 1. The Hall–Kier alpha value is -3.35. The molecule has 0 saturated carbocycles. The van der Waals surface area contributed by atoms with Gasteiger partial charge in [0.05, 0.1) is 23.7 Å². The summed E-state index contributed by atoms with van der Waals surface area (Å²) in [5.74, 6) is -1.97. The number of nitrogens with one attached hydrogen (secondary N) is 1. The van der Waals surface area contributed by atoms with E-state index in [2.05, 4.69) is 16.0 Å². The molecule has 7 heteroatoms. The number of halogens is 2. The van der Waals surface area contributed by atoms with E-state index in [1.807, 2.05) is 18.2 Å². The second-order valence-corrected chi connectivity index (χ2v) is 7.90. The second kappa shape index (κ2) is 6.86. The molecule has 1 aliphatic carbocycles. The molecule has 2 aromatic heterocycles. The van der Waals surface area contributed by atoms with Crippen molar-refractivity contribution < 1.29 is 13.6 Å². The summed E-state index contributed by atoms with van der Waals surface area (Å²) < 4.78 is 28.0. The maximum Gasteiger partial charge on any atom is 0.252 e. The number of carbonyl (C=O) groups excluding carboxylic acids is 1. The van der Waals surface area contributed by atoms with Crippen LogP contribution in [-0.2, 0) is 11.2 Å². The summed E-state index contributed by atoms with van der Waals surface area (Å²) in [4.78, 5) is 34.3. The van der Waals surface area contributed by atoms with Crippen LogP contribution in [0.1, 0.15) is 23.2 Å². The Labute approximate surface area is 171 Å². The Bertz CT molecular complexity index is 1270. The number of fused-ring (bicyclic) bond motifs is 3. The van der Waals surface area contributed by atoms with E-state index < -0.39 is 17.2 Å². The number of amides is 1. The van der Waals surface area contributed by atoms with Gasteiger partial charge in [-0.1, -0.05) is 12.1 Å². The topological polar surface area (TPSA) is 66.1 Å². The molecule has 1 aromatic carbocycles. The molecule has 2 aliphatic rings. The van der Waals surface area contributed by atoms with E-state index in [4.69, 9.17) is 0 Å². The highest BCUT2D eigenvalue weighted by atomic mass is 19.2. The number of likely N-dealkylation sites (tertiary alicyclic amines) is 1. The lowest BCUT2D eigenvalue weighted by Gasteiger charge is -2.26. The summed E-state index contributed by atoms with van der Waals surface area (Å²) in [5.41, 5.74) is 2.32. The SMILES string of the molecule is Cc1c(CC(=O)N2CC3C[C@@H]2C=C3c2ccccn2)c(=O)[nH]c2ccc(F)c(F)c12. The highest BCUT2D eigenvalue weighted by Crippen LogP contribution is 2.41. The molecule has 0 spiro atoms. The van der Waals surface area contributed by atoms with Crippen LogP contribution in [0.15, 0.2) is 47.4 Å². The minimum absolute atomic E-state index is 0.0117. The standard InChI is InChI=1S/C23H19F2N3O2/c1-12-15(23(30)27-19-6-5-17(24)22(25)21(12)19)10-20(29)28-11-13-8-14(28)9-16(13)18-4-2-3-7-26-18/h2-7,9,13-14H,8,10-11H2,1H3,(H,27,30)/t13?,14-/m1/s1. The average Bonchev–Trinajstić information content (AvgIpc) is 3.35. The van der Waals surface area contributed by atoms with Crippen molar-refractivity contribution in [1.82, 2.24) is 14.9 Å². The Kier molecular flexibility index (Phi) is 4.27. The smallest absolute Gasteiger partial charge is 0.252 e. The normalized spacial score (nSPS) is 20.1. The summed E-state index contributed by atoms with van der Waals surface area (Å²) in [7, 11) is 0. The first-order valence-electron chi connectivity index (χ1n) is 9.86. The largest absolute Gasteiger partial charge is 0.335 e. The summed E-state index contributed by atoms with van der Waals surface area (Å²) in [6.07, 6.45) is 4.51. The fourth-order valence-corrected chi connectivity index (χ4v) is 4.71. The van der Waals surface area contributed by atoms with Crippen LogP contribution in [0.3, 0.4) is 0 Å². The Balaban J connectivity index is 1.43. The molecule has 1 amide bonds. The number of carbonyl (C=O) groups is 1. The number of aromatic nitrogens is 2. The first kappa shape index (κ1) is 18.7. The minimum Gasteiger partial charge on any atom is -0.335 e. The van der Waals surface area contributed by atoms with Crippen molar-refractivity contribution in [1.29, 1.82) is 0 Å². The van der Waals surface area contributed by atoms with Crippen molar-refractivity contribution in [2.75, 3.05) is 6.54 Å². The second-order valence-electron chi connectivity index (χ2n) is 7.90. The lowest BCUT2D eigenvalue weighted by atomic mass is 9.98. The lowest BCUT2D eigenvalue weighted by Crippen LogP contribution is -2.38. The van der Waals surface area contributed by atoms with Gasteiger partial charge in [-0.05, 0) is 48.7 Å². The van der Waals surface area contributed by atoms with Crippen LogP contribution in [0.25, 0.3) is 16.5 Å². The molecule has 0 radical (unpaired) electrons. The Morgan fingerprint density at radius 3 is 2.80 bits per heavy atom. The van der Waals surface area contributed by atoms with Crippen LogP contribution in [0, 0.1) is 24.5 Å². The van der Waals surface area contributed by atoms with Crippen molar-refractivity contribution >= 4 is 22.4 Å². The fourth-order valence-electron chi connectivity index (χ4n) is 4.71. The number of rotatable bonds is 3. The molecule has 2 bridgehead atoms. The van der Waals surface area contributed by atoms with Gasteiger partial charge >= 0.3 is 0 Å². The number of H-pyrrole nitrogens is 1. The van der Waals surface area contributed by atoms with E-state index in [9.17, 15) is 18.4 Å². The number of hydrogen-bond acceptors (Lipinski definition) is 3. The lowest BCUT2D eigenvalue weighted by molar-refractivity contribution is -0.130. The van der Waals surface area contributed by atoms with Crippen molar-refractivity contribution in [3.63, 3.8) is 0 Å². The van der Waals surface area contributed by atoms with Gasteiger partial charge in [-0.2, -0.15) is 0 Å². The number of pyridine rings is 2. The van der Waals surface area contributed by atoms with Gasteiger partial charge < -0.3 is 9.88 Å². The third kappa shape index (κ3) is 2.84. The highest BCUT2D eigenvalue weighted by Gasteiger charge is 2.41. The molecule has 1 unspecified atom stereocenters. The summed E-state index contributed by atoms with van der Waals surface area (Å²) >= 11 is 0. The zero-order chi connectivity index (χ0) is 21.0. The quantitative estimate of drug-likeness (QED) is 0.724. The third-order valence-corrected chi connectivity index (χ3v) is 6.21. The van der Waals surface area contributed by atoms with Gasteiger partial charge in [-0.15, -0.1) is 0 Å². The fraction of sp³-hybridized carbons (Fsp3) is 0.261. The predicted octanol–water partition coefficient (Wildman–Crippen LogP) is 3.37. The van der Waals surface area contributed by atoms with Crippen LogP contribution in [-0.4, -0.2) is 33.4 Å². The Morgan fingerprint density at radius 2 is 2.10 bits per heavy atom. The number of benzene rings is 1. The number of aryl methyl sites for hydroxylation is 1. The van der Waals surface area contributed by atoms with Crippen LogP contribution in [0.4, 0.5) is 8.78 Å². The minimum atomic E-state index is -1.02. The summed E-state index contributed by atoms with van der Waals surface area (Å²) in [6, 6.07) is 8.04. The van der Waals surface area contributed by atoms with Gasteiger partial charge in [-0.25, -0.2) is 8.78 Å². The zero-order valence-electron chi connectivity index (χ0n) is 16.3. The maximum atomic E-state index is 14.3. The van der Waals surface area contributed by atoms with Crippen LogP contribution in [0.2, 0.25) is 0 Å². The van der Waals surface area contributed by atoms with E-state index in [0.29, 0.717) is 12.1 Å². The summed E-state index contributed by atoms with van der Waals surface area (Å²) in [6.45, 7) is 2.12. The molecule has 3 aromatic rings. The predicted molar refractivity (Wildman–Crippen MR) is 109 cm³/mol. The molecular formula is C23H19F2N3O2. The third-order valence-electron chi connectivity index (χ3n) is 6.21. The van der Waals surface area contributed by atoms with Gasteiger partial charge in [-0.3, -0.25) is 14.6 Å². The van der Waals surface area contributed by atoms with Crippen molar-refractivity contribution in [2.24, 2.45) is 5.92 Å². The van der Waals surface area contributed by atoms with E-state index >= 15 is 0 Å². The van der Waals surface area contributed by atoms with Crippen LogP contribution < -0.4 is 5.56 Å². The van der Waals surface area contributed by atoms with Crippen LogP contribution in [0.5, 0.6) is 0 Å². The number of nitrogens with zero attached hydrogens (tertiary/aromatic N) is 2. The van der Waals surface area contributed by atoms with Crippen molar-refractivity contribution in [3.05, 3.63) is 81.4 Å². The number of hydrogen-bond donors (Lipinski definition) is 1. The highest BCUT2D eigenvalue weighted by molar-refractivity contribution is 5.87. The molecule has 1 N–H and O–H groups in total. The van der Waals surface area contributed by atoms with E-state index in [-0.39, 0.29) is 40.8 Å². The monoisotopic (exact) mass is 407 g/mol. The molecule has 1 aliphatic heterocycles. The van der Waals surface area contributed by atoms with Crippen molar-refractivity contribution in [3.8, 4) is 0 Å². The van der Waals surface area contributed by atoms with Gasteiger partial charge in [0, 0.05) is 29.6 Å². The molecule has 3 heterocycles. The first-order valence-corrected chi connectivity index (χ1v) is 9.86. The molecule has 1 saturated heterocycles. The van der Waals surface area contributed by atoms with Gasteiger partial charge in [0.2, 0.25) is 5.91 Å². The van der Waals surface area contributed by atoms with E-state index in [1.165, 1.54) is 6.07 Å². The van der Waals surface area contributed by atoms with Crippen molar-refractivity contribution in [2.45, 2.75) is 25.8 Å². The molecule has 2 atom stereocenters. The molecule has 152 valence electrons. The molecule has 5 nitrogen and oxygen atoms in total. The van der Waals surface area contributed by atoms with Gasteiger partial charge in [0.25, 0.3) is 5.56 Å².